The van der Waals surface area contributed by atoms with Crippen molar-refractivity contribution in [1.29, 1.82) is 0 Å². The SMILES string of the molecule is CCC(CCl)CC1CCCO1. The van der Waals surface area contributed by atoms with Gasteiger partial charge in [0.25, 0.3) is 0 Å². The van der Waals surface area contributed by atoms with E-state index in [-0.39, 0.29) is 0 Å². The first-order valence-electron chi connectivity index (χ1n) is 4.54. The lowest BCUT2D eigenvalue weighted by atomic mass is 9.99. The van der Waals surface area contributed by atoms with Gasteiger partial charge in [-0.05, 0) is 25.2 Å². The maximum absolute atomic E-state index is 5.79. The molecular formula is C9H17ClO. The molecule has 0 amide bonds. The third-order valence-corrected chi connectivity index (χ3v) is 2.85. The minimum Gasteiger partial charge on any atom is -0.378 e. The Morgan fingerprint density at radius 3 is 2.91 bits per heavy atom. The Labute approximate surface area is 74.1 Å². The van der Waals surface area contributed by atoms with E-state index in [0.717, 1.165) is 12.5 Å². The fourth-order valence-corrected chi connectivity index (χ4v) is 1.88. The van der Waals surface area contributed by atoms with Gasteiger partial charge < -0.3 is 4.74 Å². The zero-order chi connectivity index (χ0) is 8.10. The van der Waals surface area contributed by atoms with Crippen molar-refractivity contribution in [1.82, 2.24) is 0 Å². The smallest absolute Gasteiger partial charge is 0.0579 e. The summed E-state index contributed by atoms with van der Waals surface area (Å²) in [6.07, 6.45) is 5.35. The molecule has 0 radical (unpaired) electrons. The van der Waals surface area contributed by atoms with Crippen molar-refractivity contribution < 1.29 is 4.74 Å². The van der Waals surface area contributed by atoms with E-state index in [4.69, 9.17) is 16.3 Å². The van der Waals surface area contributed by atoms with Crippen LogP contribution in [0.15, 0.2) is 0 Å². The molecule has 1 aliphatic heterocycles. The lowest BCUT2D eigenvalue weighted by Crippen LogP contribution is -2.13. The Morgan fingerprint density at radius 1 is 1.64 bits per heavy atom. The predicted molar refractivity (Wildman–Crippen MR) is 48.1 cm³/mol. The second-order valence-electron chi connectivity index (χ2n) is 3.30. The lowest BCUT2D eigenvalue weighted by Gasteiger charge is -2.15. The number of hydrogen-bond acceptors (Lipinski definition) is 1. The molecular weight excluding hydrogens is 160 g/mol. The van der Waals surface area contributed by atoms with E-state index >= 15 is 0 Å². The summed E-state index contributed by atoms with van der Waals surface area (Å²) in [7, 11) is 0. The summed E-state index contributed by atoms with van der Waals surface area (Å²) in [6, 6.07) is 0. The van der Waals surface area contributed by atoms with Crippen LogP contribution in [-0.2, 0) is 4.74 Å². The van der Waals surface area contributed by atoms with E-state index in [1.165, 1.54) is 25.7 Å². The van der Waals surface area contributed by atoms with Crippen LogP contribution >= 0.6 is 11.6 Å². The van der Waals surface area contributed by atoms with Gasteiger partial charge in [0, 0.05) is 12.5 Å². The Bertz CT molecular complexity index is 95.7. The summed E-state index contributed by atoms with van der Waals surface area (Å²) in [4.78, 5) is 0. The fourth-order valence-electron chi connectivity index (χ4n) is 1.54. The van der Waals surface area contributed by atoms with Crippen molar-refractivity contribution in [3.8, 4) is 0 Å². The molecule has 0 saturated carbocycles. The molecule has 2 heteroatoms. The molecule has 1 fully saturated rings. The van der Waals surface area contributed by atoms with Crippen LogP contribution in [0.1, 0.15) is 32.6 Å². The van der Waals surface area contributed by atoms with Crippen LogP contribution in [0.4, 0.5) is 0 Å². The summed E-state index contributed by atoms with van der Waals surface area (Å²) >= 11 is 5.79. The number of alkyl halides is 1. The average Bonchev–Trinajstić information content (AvgIpc) is 2.52. The number of hydrogen-bond donors (Lipinski definition) is 0. The minimum absolute atomic E-state index is 0.513. The van der Waals surface area contributed by atoms with Crippen LogP contribution in [0, 0.1) is 5.92 Å². The molecule has 2 unspecified atom stereocenters. The van der Waals surface area contributed by atoms with Crippen LogP contribution in [0.5, 0.6) is 0 Å². The maximum Gasteiger partial charge on any atom is 0.0579 e. The zero-order valence-corrected chi connectivity index (χ0v) is 7.94. The van der Waals surface area contributed by atoms with Crippen molar-refractivity contribution in [3.63, 3.8) is 0 Å². The van der Waals surface area contributed by atoms with Gasteiger partial charge in [-0.15, -0.1) is 11.6 Å². The average molecular weight is 177 g/mol. The molecule has 0 bridgehead atoms. The van der Waals surface area contributed by atoms with Gasteiger partial charge >= 0.3 is 0 Å². The number of rotatable bonds is 4. The van der Waals surface area contributed by atoms with Crippen LogP contribution < -0.4 is 0 Å². The van der Waals surface area contributed by atoms with E-state index in [1.54, 1.807) is 0 Å². The van der Waals surface area contributed by atoms with Crippen molar-refractivity contribution in [2.45, 2.75) is 38.7 Å². The van der Waals surface area contributed by atoms with E-state index in [1.807, 2.05) is 0 Å². The molecule has 1 nitrogen and oxygen atoms in total. The van der Waals surface area contributed by atoms with Crippen molar-refractivity contribution in [2.75, 3.05) is 12.5 Å². The lowest BCUT2D eigenvalue weighted by molar-refractivity contribution is 0.0917. The van der Waals surface area contributed by atoms with E-state index < -0.39 is 0 Å². The highest BCUT2D eigenvalue weighted by Gasteiger charge is 2.18. The summed E-state index contributed by atoms with van der Waals surface area (Å²) in [5, 5.41) is 0. The quantitative estimate of drug-likeness (QED) is 0.599. The molecule has 1 heterocycles. The van der Waals surface area contributed by atoms with Gasteiger partial charge in [-0.1, -0.05) is 13.3 Å². The second-order valence-corrected chi connectivity index (χ2v) is 3.61. The molecule has 0 N–H and O–H groups in total. The standard InChI is InChI=1S/C9H17ClO/c1-2-8(7-10)6-9-4-3-5-11-9/h8-9H,2-7H2,1H3. The number of halogens is 1. The largest absolute Gasteiger partial charge is 0.378 e. The summed E-state index contributed by atoms with van der Waals surface area (Å²) < 4.78 is 5.53. The van der Waals surface area contributed by atoms with Gasteiger partial charge in [-0.25, -0.2) is 0 Å². The van der Waals surface area contributed by atoms with E-state index in [0.29, 0.717) is 12.0 Å². The monoisotopic (exact) mass is 176 g/mol. The van der Waals surface area contributed by atoms with Crippen LogP contribution in [0.3, 0.4) is 0 Å². The maximum atomic E-state index is 5.79. The Hall–Kier alpha value is 0.250. The molecule has 2 atom stereocenters. The highest BCUT2D eigenvalue weighted by atomic mass is 35.5. The van der Waals surface area contributed by atoms with Crippen molar-refractivity contribution >= 4 is 11.6 Å². The second kappa shape index (κ2) is 5.00. The molecule has 0 aromatic carbocycles. The summed E-state index contributed by atoms with van der Waals surface area (Å²) in [5.74, 6) is 1.45. The van der Waals surface area contributed by atoms with Gasteiger partial charge in [0.15, 0.2) is 0 Å². The highest BCUT2D eigenvalue weighted by molar-refractivity contribution is 6.18. The first-order valence-corrected chi connectivity index (χ1v) is 5.07. The Kier molecular flexibility index (Phi) is 4.24. The summed E-state index contributed by atoms with van der Waals surface area (Å²) in [6.45, 7) is 3.16. The molecule has 1 aliphatic rings. The zero-order valence-electron chi connectivity index (χ0n) is 7.18. The van der Waals surface area contributed by atoms with Crippen LogP contribution in [-0.4, -0.2) is 18.6 Å². The third kappa shape index (κ3) is 3.00. The summed E-state index contributed by atoms with van der Waals surface area (Å²) in [5.41, 5.74) is 0. The third-order valence-electron chi connectivity index (χ3n) is 2.42. The topological polar surface area (TPSA) is 9.23 Å². The van der Waals surface area contributed by atoms with E-state index in [2.05, 4.69) is 6.92 Å². The highest BCUT2D eigenvalue weighted by Crippen LogP contribution is 2.22. The van der Waals surface area contributed by atoms with Gasteiger partial charge in [0.1, 0.15) is 0 Å². The van der Waals surface area contributed by atoms with Gasteiger partial charge in [-0.2, -0.15) is 0 Å². The molecule has 0 aliphatic carbocycles. The molecule has 0 aromatic rings. The van der Waals surface area contributed by atoms with Gasteiger partial charge in [-0.3, -0.25) is 0 Å². The fraction of sp³-hybridized carbons (Fsp3) is 1.00. The minimum atomic E-state index is 0.513. The van der Waals surface area contributed by atoms with E-state index in [9.17, 15) is 0 Å². The van der Waals surface area contributed by atoms with Crippen molar-refractivity contribution in [3.05, 3.63) is 0 Å². The van der Waals surface area contributed by atoms with Crippen LogP contribution in [0.25, 0.3) is 0 Å². The normalized spacial score (nSPS) is 27.3. The van der Waals surface area contributed by atoms with Crippen molar-refractivity contribution in [2.24, 2.45) is 5.92 Å². The molecule has 1 rings (SSSR count). The molecule has 1 saturated heterocycles. The predicted octanol–water partition coefficient (Wildman–Crippen LogP) is 2.82. The number of ether oxygens (including phenoxy) is 1. The Balaban J connectivity index is 2.16. The molecule has 0 aromatic heterocycles. The van der Waals surface area contributed by atoms with Gasteiger partial charge in [0.05, 0.1) is 6.10 Å². The molecule has 66 valence electrons. The van der Waals surface area contributed by atoms with Crippen LogP contribution in [0.2, 0.25) is 0 Å². The molecule has 11 heavy (non-hydrogen) atoms. The van der Waals surface area contributed by atoms with Gasteiger partial charge in [0.2, 0.25) is 0 Å². The molecule has 0 spiro atoms. The first-order chi connectivity index (χ1) is 5.36. The Morgan fingerprint density at radius 2 is 2.45 bits per heavy atom. The first kappa shape index (κ1) is 9.34.